The number of dihydropyridines is 1. The van der Waals surface area contributed by atoms with Crippen LogP contribution in [0.1, 0.15) is 16.7 Å². The summed E-state index contributed by atoms with van der Waals surface area (Å²) in [5, 5.41) is 30.5. The number of H-pyrrole nitrogens is 1. The molecule has 0 bridgehead atoms. The zero-order chi connectivity index (χ0) is 17.3. The van der Waals surface area contributed by atoms with Crippen LogP contribution >= 0.6 is 0 Å². The highest BCUT2D eigenvalue weighted by Gasteiger charge is 2.20. The molecule has 0 radical (unpaired) electrons. The fraction of sp³-hybridized carbons (Fsp3) is 0.176. The number of hydrogen-bond acceptors (Lipinski definition) is 4. The molecule has 0 spiro atoms. The van der Waals surface area contributed by atoms with Gasteiger partial charge in [0.1, 0.15) is 11.7 Å². The largest absolute Gasteiger partial charge is 0.391 e. The molecule has 6 nitrogen and oxygen atoms in total. The van der Waals surface area contributed by atoms with Crippen LogP contribution in [0.3, 0.4) is 0 Å². The van der Waals surface area contributed by atoms with Crippen LogP contribution < -0.4 is 10.6 Å². The molecule has 0 unspecified atom stereocenters. The molecule has 0 aliphatic carbocycles. The van der Waals surface area contributed by atoms with Gasteiger partial charge in [-0.25, -0.2) is 4.39 Å². The van der Waals surface area contributed by atoms with Crippen LogP contribution in [0.25, 0.3) is 16.5 Å². The molecular weight excluding hydrogens is 309 g/mol. The number of rotatable bonds is 3. The van der Waals surface area contributed by atoms with E-state index in [2.05, 4.69) is 20.8 Å². The standard InChI is InChI=1S/C17H18FN5O/c1-9-15(10-3-4-21-11(5-10)6-14(19)20-2)12-7-22-23-17(12)13(8-24)16(9)18/h3-7,21,24H,8H2,1-2H3,(H2,19,20)(H,22,23)/b11-6-. The van der Waals surface area contributed by atoms with Gasteiger partial charge in [0.05, 0.1) is 18.3 Å². The SMILES string of the molecule is CNC(=N)/C=C1/C=C(c2c(C)c(F)c(CO)c3[nH]ncc23)C=CN1. The lowest BCUT2D eigenvalue weighted by Gasteiger charge is -2.17. The Morgan fingerprint density at radius 1 is 1.50 bits per heavy atom. The summed E-state index contributed by atoms with van der Waals surface area (Å²) < 4.78 is 14.7. The van der Waals surface area contributed by atoms with Crippen LogP contribution in [-0.2, 0) is 6.61 Å². The van der Waals surface area contributed by atoms with Gasteiger partial charge in [-0.1, -0.05) is 0 Å². The zero-order valence-corrected chi connectivity index (χ0v) is 13.4. The van der Waals surface area contributed by atoms with E-state index in [0.717, 1.165) is 16.7 Å². The second-order valence-electron chi connectivity index (χ2n) is 5.45. The van der Waals surface area contributed by atoms with Crippen molar-refractivity contribution in [3.05, 3.63) is 58.8 Å². The number of halogens is 1. The Kier molecular flexibility index (Phi) is 4.18. The molecule has 1 aliphatic heterocycles. The van der Waals surface area contributed by atoms with Gasteiger partial charge >= 0.3 is 0 Å². The molecule has 5 N–H and O–H groups in total. The summed E-state index contributed by atoms with van der Waals surface area (Å²) in [6.45, 7) is 1.29. The van der Waals surface area contributed by atoms with Crippen molar-refractivity contribution in [1.82, 2.24) is 20.8 Å². The molecular formula is C17H18FN5O. The summed E-state index contributed by atoms with van der Waals surface area (Å²) in [7, 11) is 1.67. The van der Waals surface area contributed by atoms with E-state index in [0.29, 0.717) is 16.6 Å². The average Bonchev–Trinajstić information content (AvgIpc) is 3.05. The molecule has 124 valence electrons. The van der Waals surface area contributed by atoms with Crippen LogP contribution in [0.15, 0.2) is 36.3 Å². The maximum Gasteiger partial charge on any atom is 0.134 e. The Bertz CT molecular complexity index is 907. The highest BCUT2D eigenvalue weighted by Crippen LogP contribution is 2.34. The molecule has 0 saturated heterocycles. The van der Waals surface area contributed by atoms with Crippen molar-refractivity contribution in [2.75, 3.05) is 7.05 Å². The Morgan fingerprint density at radius 2 is 2.29 bits per heavy atom. The first-order valence-electron chi connectivity index (χ1n) is 7.44. The highest BCUT2D eigenvalue weighted by atomic mass is 19.1. The minimum Gasteiger partial charge on any atom is -0.391 e. The normalized spacial score (nSPS) is 15.5. The number of nitrogens with one attached hydrogen (secondary N) is 4. The third-order valence-corrected chi connectivity index (χ3v) is 4.02. The number of amidine groups is 1. The van der Waals surface area contributed by atoms with Crippen molar-refractivity contribution < 1.29 is 9.50 Å². The van der Waals surface area contributed by atoms with Gasteiger partial charge in [0.2, 0.25) is 0 Å². The third kappa shape index (κ3) is 2.59. The van der Waals surface area contributed by atoms with E-state index < -0.39 is 12.4 Å². The van der Waals surface area contributed by atoms with E-state index in [4.69, 9.17) is 5.41 Å². The second kappa shape index (κ2) is 6.29. The summed E-state index contributed by atoms with van der Waals surface area (Å²) in [6, 6.07) is 0. The molecule has 0 atom stereocenters. The molecule has 24 heavy (non-hydrogen) atoms. The Hall–Kier alpha value is -2.93. The lowest BCUT2D eigenvalue weighted by atomic mass is 9.92. The van der Waals surface area contributed by atoms with Crippen LogP contribution in [0.2, 0.25) is 0 Å². The van der Waals surface area contributed by atoms with Gasteiger partial charge in [0.25, 0.3) is 0 Å². The highest BCUT2D eigenvalue weighted by molar-refractivity contribution is 5.99. The van der Waals surface area contributed by atoms with Gasteiger partial charge in [0.15, 0.2) is 0 Å². The number of benzene rings is 1. The first-order valence-corrected chi connectivity index (χ1v) is 7.44. The fourth-order valence-electron chi connectivity index (χ4n) is 2.83. The summed E-state index contributed by atoms with van der Waals surface area (Å²) in [6.07, 6.45) is 8.70. The molecule has 1 aliphatic rings. The molecule has 0 fully saturated rings. The van der Waals surface area contributed by atoms with E-state index in [1.807, 2.05) is 12.2 Å². The lowest BCUT2D eigenvalue weighted by molar-refractivity contribution is 0.277. The molecule has 3 rings (SSSR count). The Labute approximate surface area is 138 Å². The quantitative estimate of drug-likeness (QED) is 0.440. The number of aromatic amines is 1. The molecule has 0 saturated carbocycles. The maximum absolute atomic E-state index is 14.7. The topological polar surface area (TPSA) is 96.8 Å². The molecule has 1 aromatic carbocycles. The van der Waals surface area contributed by atoms with Crippen LogP contribution in [0, 0.1) is 18.2 Å². The van der Waals surface area contributed by atoms with Gasteiger partial charge in [0, 0.05) is 36.0 Å². The predicted octanol–water partition coefficient (Wildman–Crippen LogP) is 2.08. The minimum absolute atomic E-state index is 0.218. The zero-order valence-electron chi connectivity index (χ0n) is 13.4. The Balaban J connectivity index is 2.21. The molecule has 0 amide bonds. The average molecular weight is 327 g/mol. The van der Waals surface area contributed by atoms with Crippen molar-refractivity contribution in [1.29, 1.82) is 5.41 Å². The molecule has 2 aromatic rings. The monoisotopic (exact) mass is 327 g/mol. The summed E-state index contributed by atoms with van der Waals surface area (Å²) >= 11 is 0. The van der Waals surface area contributed by atoms with Crippen LogP contribution in [0.5, 0.6) is 0 Å². The number of fused-ring (bicyclic) bond motifs is 1. The molecule has 1 aromatic heterocycles. The van der Waals surface area contributed by atoms with E-state index >= 15 is 0 Å². The van der Waals surface area contributed by atoms with Crippen LogP contribution in [-0.4, -0.2) is 28.2 Å². The number of allylic oxidation sites excluding steroid dienone is 3. The van der Waals surface area contributed by atoms with Gasteiger partial charge in [-0.15, -0.1) is 0 Å². The van der Waals surface area contributed by atoms with Crippen LogP contribution in [0.4, 0.5) is 4.39 Å². The van der Waals surface area contributed by atoms with E-state index in [1.54, 1.807) is 32.4 Å². The fourth-order valence-corrected chi connectivity index (χ4v) is 2.83. The van der Waals surface area contributed by atoms with Gasteiger partial charge < -0.3 is 15.7 Å². The van der Waals surface area contributed by atoms with Gasteiger partial charge in [-0.05, 0) is 35.8 Å². The van der Waals surface area contributed by atoms with Gasteiger partial charge in [-0.2, -0.15) is 5.10 Å². The summed E-state index contributed by atoms with van der Waals surface area (Å²) in [5.74, 6) is -0.180. The summed E-state index contributed by atoms with van der Waals surface area (Å²) in [4.78, 5) is 0. The molecule has 2 heterocycles. The molecule has 7 heteroatoms. The Morgan fingerprint density at radius 3 is 3.00 bits per heavy atom. The number of likely N-dealkylation sites (N-methyl/N-ethyl adjacent to an activating group) is 1. The van der Waals surface area contributed by atoms with Crippen molar-refractivity contribution in [3.8, 4) is 0 Å². The second-order valence-corrected chi connectivity index (χ2v) is 5.45. The third-order valence-electron chi connectivity index (χ3n) is 4.02. The number of hydrogen-bond donors (Lipinski definition) is 5. The van der Waals surface area contributed by atoms with Crippen molar-refractivity contribution in [2.45, 2.75) is 13.5 Å². The predicted molar refractivity (Wildman–Crippen MR) is 91.8 cm³/mol. The summed E-state index contributed by atoms with van der Waals surface area (Å²) in [5.41, 5.74) is 3.40. The van der Waals surface area contributed by atoms with Crippen molar-refractivity contribution in [2.24, 2.45) is 0 Å². The minimum atomic E-state index is -0.439. The first kappa shape index (κ1) is 15.9. The number of aliphatic hydroxyl groups excluding tert-OH is 1. The maximum atomic E-state index is 14.7. The number of aromatic nitrogens is 2. The van der Waals surface area contributed by atoms with E-state index in [1.165, 1.54) is 0 Å². The number of aliphatic hydroxyl groups is 1. The number of nitrogens with zero attached hydrogens (tertiary/aromatic N) is 1. The van der Waals surface area contributed by atoms with E-state index in [9.17, 15) is 9.50 Å². The smallest absolute Gasteiger partial charge is 0.134 e. The first-order chi connectivity index (χ1) is 11.6. The lowest BCUT2D eigenvalue weighted by Crippen LogP contribution is -2.17. The van der Waals surface area contributed by atoms with Crippen molar-refractivity contribution >= 4 is 22.3 Å². The van der Waals surface area contributed by atoms with E-state index in [-0.39, 0.29) is 11.4 Å². The van der Waals surface area contributed by atoms with Gasteiger partial charge in [-0.3, -0.25) is 10.5 Å². The van der Waals surface area contributed by atoms with Crippen molar-refractivity contribution in [3.63, 3.8) is 0 Å².